The van der Waals surface area contributed by atoms with Gasteiger partial charge in [-0.2, -0.15) is 0 Å². The van der Waals surface area contributed by atoms with Crippen LogP contribution in [0.25, 0.3) is 0 Å². The Morgan fingerprint density at radius 1 is 1.45 bits per heavy atom. The SMILES string of the molecule is C=CC(CC)C/C=C(/C)CC. The minimum atomic E-state index is 0.677. The third-order valence-corrected chi connectivity index (χ3v) is 2.18. The molecule has 0 rings (SSSR count). The number of allylic oxidation sites excluding steroid dienone is 3. The van der Waals surface area contributed by atoms with Gasteiger partial charge in [0.2, 0.25) is 0 Å². The molecular formula is C11H20. The Kier molecular flexibility index (Phi) is 5.91. The summed E-state index contributed by atoms with van der Waals surface area (Å²) in [5.74, 6) is 0.677. The van der Waals surface area contributed by atoms with Crippen LogP contribution in [0.5, 0.6) is 0 Å². The predicted molar refractivity (Wildman–Crippen MR) is 52.6 cm³/mol. The molecule has 0 aromatic rings. The van der Waals surface area contributed by atoms with Crippen molar-refractivity contribution in [3.8, 4) is 0 Å². The van der Waals surface area contributed by atoms with E-state index in [0.717, 1.165) is 0 Å². The van der Waals surface area contributed by atoms with Crippen LogP contribution in [-0.4, -0.2) is 0 Å². The fraction of sp³-hybridized carbons (Fsp3) is 0.636. The maximum absolute atomic E-state index is 3.81. The first kappa shape index (κ1) is 10.5. The highest BCUT2D eigenvalue weighted by molar-refractivity contribution is 4.99. The Morgan fingerprint density at radius 2 is 2.09 bits per heavy atom. The van der Waals surface area contributed by atoms with Crippen LogP contribution in [0.3, 0.4) is 0 Å². The van der Waals surface area contributed by atoms with Gasteiger partial charge in [0.15, 0.2) is 0 Å². The van der Waals surface area contributed by atoms with Crippen molar-refractivity contribution in [1.29, 1.82) is 0 Å². The second-order valence-electron chi connectivity index (χ2n) is 3.04. The molecule has 0 aliphatic carbocycles. The molecule has 0 aliphatic rings. The average Bonchev–Trinajstić information content (AvgIpc) is 2.06. The molecule has 0 radical (unpaired) electrons. The molecule has 1 atom stereocenters. The van der Waals surface area contributed by atoms with Crippen molar-refractivity contribution in [3.05, 3.63) is 24.3 Å². The number of hydrogen-bond acceptors (Lipinski definition) is 0. The van der Waals surface area contributed by atoms with Gasteiger partial charge in [-0.15, -0.1) is 6.58 Å². The molecule has 0 N–H and O–H groups in total. The third kappa shape index (κ3) is 4.83. The quantitative estimate of drug-likeness (QED) is 0.523. The Balaban J connectivity index is 3.73. The molecule has 0 heteroatoms. The Hall–Kier alpha value is -0.520. The second kappa shape index (κ2) is 6.21. The van der Waals surface area contributed by atoms with Crippen molar-refractivity contribution >= 4 is 0 Å². The largest absolute Gasteiger partial charge is 0.103 e. The highest BCUT2D eigenvalue weighted by Crippen LogP contribution is 2.12. The molecule has 0 nitrogen and oxygen atoms in total. The van der Waals surface area contributed by atoms with Crippen LogP contribution < -0.4 is 0 Å². The van der Waals surface area contributed by atoms with Crippen LogP contribution in [0.1, 0.15) is 40.0 Å². The number of hydrogen-bond donors (Lipinski definition) is 0. The van der Waals surface area contributed by atoms with Crippen LogP contribution in [-0.2, 0) is 0 Å². The second-order valence-corrected chi connectivity index (χ2v) is 3.04. The summed E-state index contributed by atoms with van der Waals surface area (Å²) in [5, 5.41) is 0. The standard InChI is InChI=1S/C11H20/c1-5-10(4)8-9-11(6-2)7-3/h6,8,11H,2,5,7,9H2,1,3-4H3/b10-8-. The van der Waals surface area contributed by atoms with Crippen molar-refractivity contribution in [2.75, 3.05) is 0 Å². The molecule has 0 heterocycles. The van der Waals surface area contributed by atoms with E-state index in [1.807, 2.05) is 0 Å². The number of rotatable bonds is 5. The topological polar surface area (TPSA) is 0 Å². The maximum Gasteiger partial charge on any atom is -0.0204 e. The Bertz CT molecular complexity index is 131. The molecule has 0 aromatic carbocycles. The van der Waals surface area contributed by atoms with Gasteiger partial charge in [0, 0.05) is 0 Å². The summed E-state index contributed by atoms with van der Waals surface area (Å²) >= 11 is 0. The lowest BCUT2D eigenvalue weighted by molar-refractivity contribution is 0.636. The minimum Gasteiger partial charge on any atom is -0.103 e. The summed E-state index contributed by atoms with van der Waals surface area (Å²) < 4.78 is 0. The Labute approximate surface area is 71.0 Å². The zero-order valence-electron chi connectivity index (χ0n) is 8.06. The molecule has 0 saturated heterocycles. The Morgan fingerprint density at radius 3 is 2.45 bits per heavy atom. The first-order chi connectivity index (χ1) is 5.24. The lowest BCUT2D eigenvalue weighted by atomic mass is 10.0. The fourth-order valence-corrected chi connectivity index (χ4v) is 0.926. The summed E-state index contributed by atoms with van der Waals surface area (Å²) in [6.07, 6.45) is 7.93. The summed E-state index contributed by atoms with van der Waals surface area (Å²) in [7, 11) is 0. The van der Waals surface area contributed by atoms with Crippen molar-refractivity contribution < 1.29 is 0 Å². The molecule has 0 amide bonds. The summed E-state index contributed by atoms with van der Waals surface area (Å²) in [6, 6.07) is 0. The van der Waals surface area contributed by atoms with E-state index in [9.17, 15) is 0 Å². The molecule has 1 unspecified atom stereocenters. The lowest BCUT2D eigenvalue weighted by Crippen LogP contribution is -1.91. The molecule has 64 valence electrons. The molecule has 0 saturated carbocycles. The minimum absolute atomic E-state index is 0.677. The summed E-state index contributed by atoms with van der Waals surface area (Å²) in [5.41, 5.74) is 1.49. The summed E-state index contributed by atoms with van der Waals surface area (Å²) in [4.78, 5) is 0. The van der Waals surface area contributed by atoms with E-state index in [0.29, 0.717) is 5.92 Å². The van der Waals surface area contributed by atoms with Gasteiger partial charge in [0.1, 0.15) is 0 Å². The van der Waals surface area contributed by atoms with E-state index < -0.39 is 0 Å². The van der Waals surface area contributed by atoms with Gasteiger partial charge < -0.3 is 0 Å². The van der Waals surface area contributed by atoms with Gasteiger partial charge >= 0.3 is 0 Å². The normalized spacial score (nSPS) is 14.6. The van der Waals surface area contributed by atoms with E-state index in [1.165, 1.54) is 24.8 Å². The summed E-state index contributed by atoms with van der Waals surface area (Å²) in [6.45, 7) is 10.4. The van der Waals surface area contributed by atoms with Crippen molar-refractivity contribution in [2.24, 2.45) is 5.92 Å². The first-order valence-electron chi connectivity index (χ1n) is 4.52. The average molecular weight is 152 g/mol. The monoisotopic (exact) mass is 152 g/mol. The van der Waals surface area contributed by atoms with Crippen LogP contribution >= 0.6 is 0 Å². The molecule has 0 bridgehead atoms. The van der Waals surface area contributed by atoms with E-state index in [2.05, 4.69) is 39.5 Å². The zero-order valence-corrected chi connectivity index (χ0v) is 8.06. The van der Waals surface area contributed by atoms with E-state index in [1.54, 1.807) is 0 Å². The van der Waals surface area contributed by atoms with E-state index in [-0.39, 0.29) is 0 Å². The molecule has 0 fully saturated rings. The van der Waals surface area contributed by atoms with Gasteiger partial charge in [-0.05, 0) is 32.1 Å². The smallest absolute Gasteiger partial charge is 0.0204 e. The lowest BCUT2D eigenvalue weighted by Gasteiger charge is -2.05. The highest BCUT2D eigenvalue weighted by Gasteiger charge is 1.96. The van der Waals surface area contributed by atoms with Gasteiger partial charge in [0.05, 0.1) is 0 Å². The van der Waals surface area contributed by atoms with Crippen molar-refractivity contribution in [2.45, 2.75) is 40.0 Å². The van der Waals surface area contributed by atoms with Crippen molar-refractivity contribution in [1.82, 2.24) is 0 Å². The highest BCUT2D eigenvalue weighted by atomic mass is 14.0. The van der Waals surface area contributed by atoms with Gasteiger partial charge in [-0.1, -0.05) is 31.6 Å². The van der Waals surface area contributed by atoms with Crippen LogP contribution in [0, 0.1) is 5.92 Å². The van der Waals surface area contributed by atoms with Crippen LogP contribution in [0.2, 0.25) is 0 Å². The fourth-order valence-electron chi connectivity index (χ4n) is 0.926. The van der Waals surface area contributed by atoms with Gasteiger partial charge in [-0.3, -0.25) is 0 Å². The van der Waals surface area contributed by atoms with Gasteiger partial charge in [0.25, 0.3) is 0 Å². The third-order valence-electron chi connectivity index (χ3n) is 2.18. The first-order valence-corrected chi connectivity index (χ1v) is 4.52. The van der Waals surface area contributed by atoms with Crippen molar-refractivity contribution in [3.63, 3.8) is 0 Å². The molecule has 0 aliphatic heterocycles. The molecule has 0 aromatic heterocycles. The molecule has 0 spiro atoms. The zero-order chi connectivity index (χ0) is 8.69. The van der Waals surface area contributed by atoms with E-state index in [4.69, 9.17) is 0 Å². The predicted octanol–water partition coefficient (Wildman–Crippen LogP) is 3.95. The molecular weight excluding hydrogens is 132 g/mol. The van der Waals surface area contributed by atoms with Crippen LogP contribution in [0.4, 0.5) is 0 Å². The van der Waals surface area contributed by atoms with Crippen LogP contribution in [0.15, 0.2) is 24.3 Å². The van der Waals surface area contributed by atoms with Gasteiger partial charge in [-0.25, -0.2) is 0 Å². The molecule has 11 heavy (non-hydrogen) atoms. The van der Waals surface area contributed by atoms with E-state index >= 15 is 0 Å². The maximum atomic E-state index is 3.81.